The molecule has 1 unspecified atom stereocenters. The van der Waals surface area contributed by atoms with E-state index in [-0.39, 0.29) is 6.61 Å². The molecule has 1 aliphatic rings. The van der Waals surface area contributed by atoms with Crippen molar-refractivity contribution in [2.24, 2.45) is 0 Å². The average molecular weight is 283 g/mol. The third-order valence-electron chi connectivity index (χ3n) is 4.12. The summed E-state index contributed by atoms with van der Waals surface area (Å²) in [4.78, 5) is 0. The van der Waals surface area contributed by atoms with Crippen LogP contribution in [0.2, 0.25) is 0 Å². The van der Waals surface area contributed by atoms with E-state index in [1.165, 1.54) is 11.1 Å². The first-order valence-electron chi connectivity index (χ1n) is 7.40. The Bertz CT molecular complexity index is 624. The van der Waals surface area contributed by atoms with Crippen LogP contribution in [0.5, 0.6) is 5.75 Å². The largest absolute Gasteiger partial charge is 0.497 e. The number of benzene rings is 2. The van der Waals surface area contributed by atoms with Gasteiger partial charge in [0.05, 0.1) is 13.7 Å². The summed E-state index contributed by atoms with van der Waals surface area (Å²) in [7, 11) is 1.71. The predicted octanol–water partition coefficient (Wildman–Crippen LogP) is 3.16. The highest BCUT2D eigenvalue weighted by molar-refractivity contribution is 5.48. The van der Waals surface area contributed by atoms with Gasteiger partial charge in [0.25, 0.3) is 0 Å². The lowest BCUT2D eigenvalue weighted by Crippen LogP contribution is -2.27. The normalized spacial score (nSPS) is 17.1. The second kappa shape index (κ2) is 6.19. The van der Waals surface area contributed by atoms with Gasteiger partial charge in [-0.2, -0.15) is 0 Å². The summed E-state index contributed by atoms with van der Waals surface area (Å²) in [6.07, 6.45) is 3.23. The molecule has 1 aliphatic carbocycles. The molecule has 0 fully saturated rings. The third-order valence-corrected chi connectivity index (χ3v) is 4.12. The first kappa shape index (κ1) is 14.0. The Kier molecular flexibility index (Phi) is 4.11. The molecule has 2 N–H and O–H groups in total. The second-order valence-corrected chi connectivity index (χ2v) is 5.58. The SMILES string of the molecule is COc1ccc2c(c1)CC(Nc1cccc(CO)c1)CC2. The molecule has 110 valence electrons. The van der Waals surface area contributed by atoms with E-state index in [2.05, 4.69) is 23.5 Å². The van der Waals surface area contributed by atoms with Gasteiger partial charge >= 0.3 is 0 Å². The van der Waals surface area contributed by atoms with Crippen LogP contribution < -0.4 is 10.1 Å². The predicted molar refractivity (Wildman–Crippen MR) is 84.8 cm³/mol. The minimum absolute atomic E-state index is 0.0836. The molecule has 0 bridgehead atoms. The smallest absolute Gasteiger partial charge is 0.119 e. The number of hydrogen-bond acceptors (Lipinski definition) is 3. The van der Waals surface area contributed by atoms with Crippen LogP contribution in [0.3, 0.4) is 0 Å². The fourth-order valence-corrected chi connectivity index (χ4v) is 2.98. The van der Waals surface area contributed by atoms with Crippen molar-refractivity contribution >= 4 is 5.69 Å². The topological polar surface area (TPSA) is 41.5 Å². The third kappa shape index (κ3) is 3.19. The molecule has 0 aliphatic heterocycles. The van der Waals surface area contributed by atoms with Crippen molar-refractivity contribution in [3.63, 3.8) is 0 Å². The molecule has 0 aromatic heterocycles. The Morgan fingerprint density at radius 2 is 2.10 bits per heavy atom. The Morgan fingerprint density at radius 3 is 2.90 bits per heavy atom. The van der Waals surface area contributed by atoms with Crippen LogP contribution in [0.1, 0.15) is 23.1 Å². The summed E-state index contributed by atoms with van der Waals surface area (Å²) >= 11 is 0. The quantitative estimate of drug-likeness (QED) is 0.905. The molecule has 21 heavy (non-hydrogen) atoms. The number of nitrogens with one attached hydrogen (secondary N) is 1. The van der Waals surface area contributed by atoms with Gasteiger partial charge in [-0.25, -0.2) is 0 Å². The highest BCUT2D eigenvalue weighted by Gasteiger charge is 2.19. The van der Waals surface area contributed by atoms with Crippen molar-refractivity contribution in [1.82, 2.24) is 0 Å². The summed E-state index contributed by atoms with van der Waals surface area (Å²) in [5.74, 6) is 0.927. The minimum Gasteiger partial charge on any atom is -0.497 e. The Balaban J connectivity index is 1.73. The molecule has 0 heterocycles. The van der Waals surface area contributed by atoms with E-state index in [1.807, 2.05) is 24.3 Å². The van der Waals surface area contributed by atoms with Crippen LogP contribution in [-0.4, -0.2) is 18.3 Å². The first-order valence-corrected chi connectivity index (χ1v) is 7.40. The summed E-state index contributed by atoms with van der Waals surface area (Å²) in [5.41, 5.74) is 4.82. The number of ether oxygens (including phenoxy) is 1. The van der Waals surface area contributed by atoms with E-state index in [0.29, 0.717) is 6.04 Å². The van der Waals surface area contributed by atoms with E-state index < -0.39 is 0 Å². The summed E-state index contributed by atoms with van der Waals surface area (Å²) in [5, 5.41) is 12.8. The number of anilines is 1. The van der Waals surface area contributed by atoms with Gasteiger partial charge in [-0.05, 0) is 60.2 Å². The van der Waals surface area contributed by atoms with Gasteiger partial charge in [0.15, 0.2) is 0 Å². The molecule has 2 aromatic rings. The minimum atomic E-state index is 0.0836. The van der Waals surface area contributed by atoms with Gasteiger partial charge in [-0.15, -0.1) is 0 Å². The Labute approximate surface area is 125 Å². The Hall–Kier alpha value is -2.00. The zero-order chi connectivity index (χ0) is 14.7. The monoisotopic (exact) mass is 283 g/mol. The van der Waals surface area contributed by atoms with Crippen LogP contribution in [-0.2, 0) is 19.4 Å². The van der Waals surface area contributed by atoms with Crippen molar-refractivity contribution < 1.29 is 9.84 Å². The highest BCUT2D eigenvalue weighted by Crippen LogP contribution is 2.27. The lowest BCUT2D eigenvalue weighted by Gasteiger charge is -2.27. The van der Waals surface area contributed by atoms with Crippen molar-refractivity contribution in [1.29, 1.82) is 0 Å². The van der Waals surface area contributed by atoms with Gasteiger partial charge < -0.3 is 15.2 Å². The van der Waals surface area contributed by atoms with Crippen LogP contribution >= 0.6 is 0 Å². The van der Waals surface area contributed by atoms with E-state index in [1.54, 1.807) is 7.11 Å². The number of aryl methyl sites for hydroxylation is 1. The Morgan fingerprint density at radius 1 is 1.19 bits per heavy atom. The molecule has 3 rings (SSSR count). The maximum Gasteiger partial charge on any atom is 0.119 e. The maximum absolute atomic E-state index is 9.21. The number of aliphatic hydroxyl groups is 1. The van der Waals surface area contributed by atoms with Gasteiger partial charge in [0.2, 0.25) is 0 Å². The maximum atomic E-state index is 9.21. The van der Waals surface area contributed by atoms with Crippen molar-refractivity contribution in [2.45, 2.75) is 31.9 Å². The van der Waals surface area contributed by atoms with Gasteiger partial charge in [-0.3, -0.25) is 0 Å². The van der Waals surface area contributed by atoms with Crippen LogP contribution in [0.4, 0.5) is 5.69 Å². The molecule has 3 heteroatoms. The average Bonchev–Trinajstić information content (AvgIpc) is 2.54. The fourth-order valence-electron chi connectivity index (χ4n) is 2.98. The van der Waals surface area contributed by atoms with E-state index in [9.17, 15) is 5.11 Å². The molecule has 2 aromatic carbocycles. The van der Waals surface area contributed by atoms with Crippen molar-refractivity contribution in [3.05, 3.63) is 59.2 Å². The highest BCUT2D eigenvalue weighted by atomic mass is 16.5. The molecule has 3 nitrogen and oxygen atoms in total. The zero-order valence-electron chi connectivity index (χ0n) is 12.3. The van der Waals surface area contributed by atoms with Gasteiger partial charge in [0, 0.05) is 11.7 Å². The number of hydrogen-bond donors (Lipinski definition) is 2. The van der Waals surface area contributed by atoms with Crippen LogP contribution in [0.25, 0.3) is 0 Å². The van der Waals surface area contributed by atoms with E-state index >= 15 is 0 Å². The van der Waals surface area contributed by atoms with E-state index in [4.69, 9.17) is 4.74 Å². The number of aliphatic hydroxyl groups excluding tert-OH is 1. The zero-order valence-corrected chi connectivity index (χ0v) is 12.3. The number of rotatable bonds is 4. The van der Waals surface area contributed by atoms with Crippen molar-refractivity contribution in [2.75, 3.05) is 12.4 Å². The summed E-state index contributed by atoms with van der Waals surface area (Å²) in [6.45, 7) is 0.0836. The fraction of sp³-hybridized carbons (Fsp3) is 0.333. The molecule has 1 atom stereocenters. The molecular formula is C18H21NO2. The second-order valence-electron chi connectivity index (χ2n) is 5.58. The molecule has 0 spiro atoms. The molecule has 0 saturated carbocycles. The molecule has 0 amide bonds. The van der Waals surface area contributed by atoms with Crippen LogP contribution in [0, 0.1) is 0 Å². The van der Waals surface area contributed by atoms with Gasteiger partial charge in [-0.1, -0.05) is 18.2 Å². The van der Waals surface area contributed by atoms with Crippen molar-refractivity contribution in [3.8, 4) is 5.75 Å². The van der Waals surface area contributed by atoms with Crippen LogP contribution in [0.15, 0.2) is 42.5 Å². The molecule has 0 saturated heterocycles. The number of methoxy groups -OCH3 is 1. The molecular weight excluding hydrogens is 262 g/mol. The summed E-state index contributed by atoms with van der Waals surface area (Å²) in [6, 6.07) is 14.8. The summed E-state index contributed by atoms with van der Waals surface area (Å²) < 4.78 is 5.32. The lowest BCUT2D eigenvalue weighted by molar-refractivity contribution is 0.282. The lowest BCUT2D eigenvalue weighted by atomic mass is 9.88. The van der Waals surface area contributed by atoms with Gasteiger partial charge in [0.1, 0.15) is 5.75 Å². The van der Waals surface area contributed by atoms with E-state index in [0.717, 1.165) is 36.3 Å². The standard InChI is InChI=1S/C18H21NO2/c1-21-18-8-6-14-5-7-17(10-15(14)11-18)19-16-4-2-3-13(9-16)12-20/h2-4,6,8-9,11,17,19-20H,5,7,10,12H2,1H3. The molecule has 0 radical (unpaired) electrons. The first-order chi connectivity index (χ1) is 10.3. The number of fused-ring (bicyclic) bond motifs is 1.